The van der Waals surface area contributed by atoms with Crippen LogP contribution in [0.4, 0.5) is 0 Å². The monoisotopic (exact) mass is 328 g/mol. The number of nitrogens with zero attached hydrogens (tertiary/aromatic N) is 4. The second kappa shape index (κ2) is 6.36. The summed E-state index contributed by atoms with van der Waals surface area (Å²) in [5.41, 5.74) is 0. The highest BCUT2D eigenvalue weighted by atomic mass is 32.2. The lowest BCUT2D eigenvalue weighted by Gasteiger charge is -2.39. The van der Waals surface area contributed by atoms with Crippen molar-refractivity contribution in [3.63, 3.8) is 0 Å². The second-order valence-corrected chi connectivity index (χ2v) is 7.85. The lowest BCUT2D eigenvalue weighted by atomic mass is 9.98. The predicted octanol–water partition coefficient (Wildman–Crippen LogP) is 1.17. The Labute approximate surface area is 131 Å². The van der Waals surface area contributed by atoms with Gasteiger partial charge in [0.05, 0.1) is 0 Å². The molecule has 2 atom stereocenters. The third-order valence-corrected chi connectivity index (χ3v) is 5.78. The summed E-state index contributed by atoms with van der Waals surface area (Å²) >= 11 is 0. The molecule has 2 rings (SSSR count). The minimum Gasteiger partial charge on any atom is -0.336 e. The normalized spacial score (nSPS) is 22.8. The maximum atomic E-state index is 12.5. The first-order chi connectivity index (χ1) is 10.3. The van der Waals surface area contributed by atoms with Crippen molar-refractivity contribution < 1.29 is 13.2 Å². The Morgan fingerprint density at radius 1 is 1.23 bits per heavy atom. The molecule has 22 heavy (non-hydrogen) atoms. The summed E-state index contributed by atoms with van der Waals surface area (Å²) in [7, 11) is -3.78. The van der Waals surface area contributed by atoms with Crippen molar-refractivity contribution in [2.75, 3.05) is 5.75 Å². The molecule has 124 valence electrons. The molecule has 1 aromatic rings. The van der Waals surface area contributed by atoms with Crippen molar-refractivity contribution in [3.8, 4) is 0 Å². The zero-order chi connectivity index (χ0) is 16.5. The quantitative estimate of drug-likeness (QED) is 0.828. The van der Waals surface area contributed by atoms with Crippen LogP contribution in [0.2, 0.25) is 0 Å². The number of carbonyl (C=O) groups is 1. The van der Waals surface area contributed by atoms with Gasteiger partial charge in [-0.1, -0.05) is 0 Å². The van der Waals surface area contributed by atoms with Crippen molar-refractivity contribution in [3.05, 3.63) is 5.82 Å². The van der Waals surface area contributed by atoms with Gasteiger partial charge < -0.3 is 9.47 Å². The molecule has 2 heterocycles. The van der Waals surface area contributed by atoms with Gasteiger partial charge in [-0.3, -0.25) is 4.79 Å². The van der Waals surface area contributed by atoms with Crippen LogP contribution in [0.3, 0.4) is 0 Å². The largest absolute Gasteiger partial charge is 0.336 e. The smallest absolute Gasteiger partial charge is 0.250 e. The lowest BCUT2D eigenvalue weighted by Crippen LogP contribution is -2.49. The molecule has 0 aliphatic carbocycles. The molecule has 0 unspecified atom stereocenters. The molecule has 8 heteroatoms. The molecule has 0 aromatic carbocycles. The number of aryl methyl sites for hydroxylation is 1. The van der Waals surface area contributed by atoms with E-state index in [1.807, 2.05) is 20.8 Å². The second-order valence-electron chi connectivity index (χ2n) is 5.96. The van der Waals surface area contributed by atoms with Crippen LogP contribution in [-0.4, -0.2) is 51.8 Å². The highest BCUT2D eigenvalue weighted by Crippen LogP contribution is 2.23. The van der Waals surface area contributed by atoms with Crippen LogP contribution >= 0.6 is 0 Å². The molecular weight excluding hydrogens is 304 g/mol. The van der Waals surface area contributed by atoms with E-state index >= 15 is 0 Å². The molecule has 0 N–H and O–H groups in total. The Morgan fingerprint density at radius 3 is 2.36 bits per heavy atom. The Kier molecular flexibility index (Phi) is 4.89. The Morgan fingerprint density at radius 2 is 1.82 bits per heavy atom. The highest BCUT2D eigenvalue weighted by molar-refractivity contribution is 7.91. The molecule has 0 radical (unpaired) electrons. The van der Waals surface area contributed by atoms with Crippen LogP contribution in [0.15, 0.2) is 5.16 Å². The molecule has 0 spiro atoms. The minimum absolute atomic E-state index is 0.0808. The van der Waals surface area contributed by atoms with Crippen LogP contribution in [0, 0.1) is 6.92 Å². The SMILES string of the molecule is CCn1c(C)nnc1S(=O)(=O)CC(=O)N1[C@@H](C)CCC[C@@H]1C. The molecule has 1 aliphatic heterocycles. The first-order valence-corrected chi connectivity index (χ1v) is 9.37. The number of aromatic nitrogens is 3. The Balaban J connectivity index is 2.22. The fourth-order valence-corrected chi connectivity index (χ4v) is 4.54. The summed E-state index contributed by atoms with van der Waals surface area (Å²) in [6.45, 7) is 7.92. The number of sulfone groups is 1. The van der Waals surface area contributed by atoms with Gasteiger partial charge in [-0.05, 0) is 47.0 Å². The molecular formula is C14H24N4O3S. The van der Waals surface area contributed by atoms with Gasteiger partial charge in [0.1, 0.15) is 11.6 Å². The lowest BCUT2D eigenvalue weighted by molar-refractivity contribution is -0.134. The molecule has 1 saturated heterocycles. The van der Waals surface area contributed by atoms with Crippen LogP contribution in [0.25, 0.3) is 0 Å². The third kappa shape index (κ3) is 3.16. The fraction of sp³-hybridized carbons (Fsp3) is 0.786. The Hall–Kier alpha value is -1.44. The summed E-state index contributed by atoms with van der Waals surface area (Å²) in [6, 6.07) is 0.162. The molecule has 1 aliphatic rings. The average Bonchev–Trinajstić information content (AvgIpc) is 2.79. The van der Waals surface area contributed by atoms with E-state index in [2.05, 4.69) is 10.2 Å². The van der Waals surface area contributed by atoms with Gasteiger partial charge in [-0.15, -0.1) is 10.2 Å². The van der Waals surface area contributed by atoms with Gasteiger partial charge in [0.15, 0.2) is 0 Å². The molecule has 1 amide bonds. The van der Waals surface area contributed by atoms with Crippen molar-refractivity contribution in [1.29, 1.82) is 0 Å². The molecule has 0 saturated carbocycles. The minimum atomic E-state index is -3.78. The van der Waals surface area contributed by atoms with E-state index in [1.54, 1.807) is 11.8 Å². The number of carbonyl (C=O) groups excluding carboxylic acids is 1. The summed E-state index contributed by atoms with van der Waals surface area (Å²) in [4.78, 5) is 14.2. The van der Waals surface area contributed by atoms with E-state index < -0.39 is 15.6 Å². The molecule has 0 bridgehead atoms. The summed E-state index contributed by atoms with van der Waals surface area (Å²) in [5.74, 6) is -0.351. The van der Waals surface area contributed by atoms with Crippen LogP contribution < -0.4 is 0 Å². The van der Waals surface area contributed by atoms with E-state index in [4.69, 9.17) is 0 Å². The predicted molar refractivity (Wildman–Crippen MR) is 82.1 cm³/mol. The number of hydrogen-bond donors (Lipinski definition) is 0. The zero-order valence-electron chi connectivity index (χ0n) is 13.6. The maximum Gasteiger partial charge on any atom is 0.250 e. The topological polar surface area (TPSA) is 85.2 Å². The molecule has 1 fully saturated rings. The van der Waals surface area contributed by atoms with Crippen LogP contribution in [0.1, 0.15) is 45.9 Å². The summed E-state index contributed by atoms with van der Waals surface area (Å²) in [6.07, 6.45) is 2.91. The van der Waals surface area contributed by atoms with E-state index in [0.29, 0.717) is 12.4 Å². The number of rotatable bonds is 4. The van der Waals surface area contributed by atoms with Crippen LogP contribution in [0.5, 0.6) is 0 Å². The van der Waals surface area contributed by atoms with Gasteiger partial charge in [-0.2, -0.15) is 0 Å². The zero-order valence-corrected chi connectivity index (χ0v) is 14.4. The number of piperidine rings is 1. The average molecular weight is 328 g/mol. The van der Waals surface area contributed by atoms with E-state index in [-0.39, 0.29) is 23.1 Å². The van der Waals surface area contributed by atoms with E-state index in [0.717, 1.165) is 19.3 Å². The van der Waals surface area contributed by atoms with Gasteiger partial charge in [0.2, 0.25) is 20.9 Å². The summed E-state index contributed by atoms with van der Waals surface area (Å²) in [5, 5.41) is 7.45. The van der Waals surface area contributed by atoms with Gasteiger partial charge in [0.25, 0.3) is 0 Å². The maximum absolute atomic E-state index is 12.5. The number of hydrogen-bond acceptors (Lipinski definition) is 5. The molecule has 7 nitrogen and oxygen atoms in total. The van der Waals surface area contributed by atoms with E-state index in [1.165, 1.54) is 4.57 Å². The van der Waals surface area contributed by atoms with Crippen molar-refractivity contribution >= 4 is 15.7 Å². The fourth-order valence-electron chi connectivity index (χ4n) is 3.17. The van der Waals surface area contributed by atoms with Gasteiger partial charge in [-0.25, -0.2) is 8.42 Å². The van der Waals surface area contributed by atoms with E-state index in [9.17, 15) is 13.2 Å². The van der Waals surface area contributed by atoms with Crippen molar-refractivity contribution in [1.82, 2.24) is 19.7 Å². The molecule has 1 aromatic heterocycles. The van der Waals surface area contributed by atoms with Gasteiger partial charge in [0, 0.05) is 18.6 Å². The first kappa shape index (κ1) is 16.9. The van der Waals surface area contributed by atoms with Crippen LogP contribution in [-0.2, 0) is 21.2 Å². The summed E-state index contributed by atoms with van der Waals surface area (Å²) < 4.78 is 26.6. The van der Waals surface area contributed by atoms with Crippen molar-refractivity contribution in [2.24, 2.45) is 0 Å². The number of amides is 1. The third-order valence-electron chi connectivity index (χ3n) is 4.29. The highest BCUT2D eigenvalue weighted by Gasteiger charge is 2.34. The standard InChI is InChI=1S/C14H24N4O3S/c1-5-17-12(4)15-16-14(17)22(20,21)9-13(19)18-10(2)7-6-8-11(18)3/h10-11H,5-9H2,1-4H3/t10-,11-/m0/s1. The Bertz CT molecular complexity index is 643. The van der Waals surface area contributed by atoms with Gasteiger partial charge >= 0.3 is 0 Å². The van der Waals surface area contributed by atoms with Crippen molar-refractivity contribution in [2.45, 2.75) is 70.7 Å². The number of likely N-dealkylation sites (tertiary alicyclic amines) is 1. The first-order valence-electron chi connectivity index (χ1n) is 7.71.